The second kappa shape index (κ2) is 4.19. The summed E-state index contributed by atoms with van der Waals surface area (Å²) < 4.78 is 0. The first-order chi connectivity index (χ1) is 6.86. The smallest absolute Gasteiger partial charge is 0.423 e. The van der Waals surface area contributed by atoms with Crippen LogP contribution in [-0.2, 0) is 0 Å². The van der Waals surface area contributed by atoms with Crippen molar-refractivity contribution in [1.29, 1.82) is 5.26 Å². The molecule has 78 valence electrons. The minimum atomic E-state index is -1.62. The third kappa shape index (κ3) is 2.69. The second-order valence-corrected chi connectivity index (χ2v) is 9.58. The Labute approximate surface area is 91.1 Å². The van der Waals surface area contributed by atoms with Crippen LogP contribution in [0.25, 0.3) is 0 Å². The van der Waals surface area contributed by atoms with E-state index < -0.39 is 15.2 Å². The standard InChI is InChI=1S/C10H14BNO2Si/c1-15(2,3)10-6-9(11(13)14)5-4-8(10)7-12/h4-6,13-14H,1-3H3. The van der Waals surface area contributed by atoms with Crippen LogP contribution in [0.15, 0.2) is 18.2 Å². The minimum Gasteiger partial charge on any atom is -0.423 e. The Morgan fingerprint density at radius 1 is 1.27 bits per heavy atom. The fourth-order valence-electron chi connectivity index (χ4n) is 1.44. The average Bonchev–Trinajstić information content (AvgIpc) is 2.15. The Balaban J connectivity index is 3.34. The molecule has 1 aromatic rings. The molecule has 0 saturated heterocycles. The van der Waals surface area contributed by atoms with Gasteiger partial charge in [-0.25, -0.2) is 0 Å². The highest BCUT2D eigenvalue weighted by molar-refractivity contribution is 6.89. The quantitative estimate of drug-likeness (QED) is 0.676. The van der Waals surface area contributed by atoms with Crippen molar-refractivity contribution < 1.29 is 10.0 Å². The summed E-state index contributed by atoms with van der Waals surface area (Å²) in [6.07, 6.45) is 0. The van der Waals surface area contributed by atoms with Gasteiger partial charge in [0.15, 0.2) is 0 Å². The van der Waals surface area contributed by atoms with Crippen LogP contribution < -0.4 is 10.6 Å². The van der Waals surface area contributed by atoms with E-state index in [1.165, 1.54) is 0 Å². The first-order valence-corrected chi connectivity index (χ1v) is 8.27. The summed E-state index contributed by atoms with van der Waals surface area (Å²) in [6.45, 7) is 6.37. The lowest BCUT2D eigenvalue weighted by molar-refractivity contribution is 0.426. The average molecular weight is 219 g/mol. The van der Waals surface area contributed by atoms with Gasteiger partial charge in [-0.1, -0.05) is 31.8 Å². The van der Waals surface area contributed by atoms with E-state index in [-0.39, 0.29) is 0 Å². The van der Waals surface area contributed by atoms with Gasteiger partial charge in [0.1, 0.15) is 0 Å². The Hall–Kier alpha value is -1.09. The van der Waals surface area contributed by atoms with Gasteiger partial charge in [0.05, 0.1) is 19.7 Å². The van der Waals surface area contributed by atoms with E-state index in [9.17, 15) is 0 Å². The summed E-state index contributed by atoms with van der Waals surface area (Å²) in [4.78, 5) is 0. The Kier molecular flexibility index (Phi) is 3.35. The molecule has 0 saturated carbocycles. The molecule has 1 aromatic carbocycles. The zero-order valence-electron chi connectivity index (χ0n) is 9.15. The predicted molar refractivity (Wildman–Crippen MR) is 64.0 cm³/mol. The van der Waals surface area contributed by atoms with E-state index in [4.69, 9.17) is 15.3 Å². The summed E-state index contributed by atoms with van der Waals surface area (Å²) in [5.41, 5.74) is 1.09. The molecule has 5 heteroatoms. The molecule has 0 unspecified atom stereocenters. The Morgan fingerprint density at radius 3 is 2.27 bits per heavy atom. The minimum absolute atomic E-state index is 0.450. The van der Waals surface area contributed by atoms with Crippen molar-refractivity contribution in [2.45, 2.75) is 19.6 Å². The molecule has 0 aliphatic heterocycles. The second-order valence-electron chi connectivity index (χ2n) is 4.54. The number of hydrogen-bond donors (Lipinski definition) is 2. The fraction of sp³-hybridized carbons (Fsp3) is 0.300. The lowest BCUT2D eigenvalue weighted by Gasteiger charge is -2.19. The van der Waals surface area contributed by atoms with Crippen LogP contribution in [0.5, 0.6) is 0 Å². The van der Waals surface area contributed by atoms with Crippen LogP contribution in [0.1, 0.15) is 5.56 Å². The molecule has 0 amide bonds. The van der Waals surface area contributed by atoms with E-state index in [1.807, 2.05) is 0 Å². The number of hydrogen-bond acceptors (Lipinski definition) is 3. The van der Waals surface area contributed by atoms with Gasteiger partial charge in [0.25, 0.3) is 0 Å². The molecule has 0 bridgehead atoms. The van der Waals surface area contributed by atoms with Crippen molar-refractivity contribution in [2.75, 3.05) is 0 Å². The molecule has 15 heavy (non-hydrogen) atoms. The molecule has 0 heterocycles. The number of nitrogens with zero attached hydrogens (tertiary/aromatic N) is 1. The van der Waals surface area contributed by atoms with Crippen molar-refractivity contribution in [3.8, 4) is 6.07 Å². The molecular formula is C10H14BNO2Si. The van der Waals surface area contributed by atoms with E-state index in [0.29, 0.717) is 11.0 Å². The van der Waals surface area contributed by atoms with Gasteiger partial charge in [-0.2, -0.15) is 5.26 Å². The summed E-state index contributed by atoms with van der Waals surface area (Å²) in [7, 11) is -3.09. The van der Waals surface area contributed by atoms with Crippen molar-refractivity contribution in [3.05, 3.63) is 23.8 Å². The summed E-state index contributed by atoms with van der Waals surface area (Å²) in [6, 6.07) is 7.10. The highest BCUT2D eigenvalue weighted by atomic mass is 28.3. The molecule has 0 spiro atoms. The van der Waals surface area contributed by atoms with Crippen LogP contribution in [0.4, 0.5) is 0 Å². The highest BCUT2D eigenvalue weighted by Gasteiger charge is 2.22. The Morgan fingerprint density at radius 2 is 1.87 bits per heavy atom. The summed E-state index contributed by atoms with van der Waals surface area (Å²) in [5.74, 6) is 0. The molecule has 3 nitrogen and oxygen atoms in total. The zero-order valence-corrected chi connectivity index (χ0v) is 10.2. The molecule has 0 atom stereocenters. The number of benzene rings is 1. The molecular weight excluding hydrogens is 205 g/mol. The van der Waals surface area contributed by atoms with E-state index >= 15 is 0 Å². The topological polar surface area (TPSA) is 64.2 Å². The number of rotatable bonds is 2. The van der Waals surface area contributed by atoms with Gasteiger partial charge in [0, 0.05) is 0 Å². The SMILES string of the molecule is C[Si](C)(C)c1cc(B(O)O)ccc1C#N. The van der Waals surface area contributed by atoms with Gasteiger partial charge < -0.3 is 10.0 Å². The molecule has 1 rings (SSSR count). The molecule has 0 radical (unpaired) electrons. The zero-order chi connectivity index (χ0) is 11.6. The molecule has 0 aliphatic rings. The van der Waals surface area contributed by atoms with Crippen molar-refractivity contribution in [1.82, 2.24) is 0 Å². The van der Waals surface area contributed by atoms with Gasteiger partial charge in [-0.15, -0.1) is 0 Å². The highest BCUT2D eigenvalue weighted by Crippen LogP contribution is 2.05. The first kappa shape index (κ1) is 12.0. The summed E-state index contributed by atoms with van der Waals surface area (Å²) >= 11 is 0. The van der Waals surface area contributed by atoms with Gasteiger partial charge in [-0.05, 0) is 16.7 Å². The van der Waals surface area contributed by atoms with Gasteiger partial charge in [-0.3, -0.25) is 0 Å². The maximum absolute atomic E-state index is 9.07. The molecule has 2 N–H and O–H groups in total. The van der Waals surface area contributed by atoms with Crippen molar-refractivity contribution in [2.24, 2.45) is 0 Å². The molecule has 0 aliphatic carbocycles. The molecule has 0 fully saturated rings. The maximum Gasteiger partial charge on any atom is 0.488 e. The predicted octanol–water partition coefficient (Wildman–Crippen LogP) is -0.217. The van der Waals surface area contributed by atoms with Crippen molar-refractivity contribution in [3.63, 3.8) is 0 Å². The fourth-order valence-corrected chi connectivity index (χ4v) is 2.99. The maximum atomic E-state index is 9.07. The summed E-state index contributed by atoms with van der Waals surface area (Å²) in [5, 5.41) is 28.1. The van der Waals surface area contributed by atoms with E-state index in [1.54, 1.807) is 18.2 Å². The monoisotopic (exact) mass is 219 g/mol. The largest absolute Gasteiger partial charge is 0.488 e. The number of nitriles is 1. The first-order valence-electron chi connectivity index (χ1n) is 4.77. The van der Waals surface area contributed by atoms with Crippen LogP contribution in [0.3, 0.4) is 0 Å². The van der Waals surface area contributed by atoms with Crippen LogP contribution in [0, 0.1) is 11.3 Å². The van der Waals surface area contributed by atoms with Gasteiger partial charge in [0.2, 0.25) is 0 Å². The third-order valence-electron chi connectivity index (χ3n) is 2.27. The normalized spacial score (nSPS) is 10.9. The third-order valence-corrected chi connectivity index (χ3v) is 4.30. The lowest BCUT2D eigenvalue weighted by atomic mass is 9.80. The van der Waals surface area contributed by atoms with Crippen LogP contribution in [0.2, 0.25) is 19.6 Å². The van der Waals surface area contributed by atoms with Crippen LogP contribution in [-0.4, -0.2) is 25.2 Å². The lowest BCUT2D eigenvalue weighted by Crippen LogP contribution is -2.43. The van der Waals surface area contributed by atoms with Crippen LogP contribution >= 0.6 is 0 Å². The Bertz CT molecular complexity index is 407. The van der Waals surface area contributed by atoms with E-state index in [2.05, 4.69) is 25.7 Å². The molecule has 0 aromatic heterocycles. The van der Waals surface area contributed by atoms with E-state index in [0.717, 1.165) is 5.19 Å². The van der Waals surface area contributed by atoms with Crippen molar-refractivity contribution >= 4 is 25.8 Å². The van der Waals surface area contributed by atoms with Gasteiger partial charge >= 0.3 is 7.12 Å².